The maximum absolute atomic E-state index is 8.65. The van der Waals surface area contributed by atoms with E-state index in [4.69, 9.17) is 5.11 Å². The van der Waals surface area contributed by atoms with E-state index in [9.17, 15) is 0 Å². The molecule has 66 valence electrons. The number of aliphatic hydroxyl groups is 1. The van der Waals surface area contributed by atoms with Crippen LogP contribution in [0.15, 0.2) is 0 Å². The molecule has 0 amide bonds. The highest BCUT2D eigenvalue weighted by Gasteiger charge is 2.16. The second kappa shape index (κ2) is 4.73. The Morgan fingerprint density at radius 3 is 2.73 bits per heavy atom. The minimum absolute atomic E-state index is 0.327. The standard InChI is InChI=1S/C9H19NO/c1-8(5-6-11)7-10-9-3-2-4-9/h8-11H,2-7H2,1H3. The van der Waals surface area contributed by atoms with Crippen LogP contribution >= 0.6 is 0 Å². The van der Waals surface area contributed by atoms with Crippen molar-refractivity contribution in [3.63, 3.8) is 0 Å². The van der Waals surface area contributed by atoms with Crippen LogP contribution in [0.2, 0.25) is 0 Å². The van der Waals surface area contributed by atoms with Gasteiger partial charge in [0.2, 0.25) is 0 Å². The lowest BCUT2D eigenvalue weighted by atomic mass is 9.92. The van der Waals surface area contributed by atoms with Gasteiger partial charge in [0, 0.05) is 12.6 Å². The van der Waals surface area contributed by atoms with Crippen molar-refractivity contribution in [3.05, 3.63) is 0 Å². The molecule has 0 aromatic heterocycles. The molecule has 2 heteroatoms. The number of rotatable bonds is 5. The first kappa shape index (κ1) is 9.01. The van der Waals surface area contributed by atoms with E-state index in [1.54, 1.807) is 0 Å². The van der Waals surface area contributed by atoms with E-state index < -0.39 is 0 Å². The zero-order valence-electron chi connectivity index (χ0n) is 7.34. The summed E-state index contributed by atoms with van der Waals surface area (Å²) in [6, 6.07) is 0.788. The molecule has 0 spiro atoms. The van der Waals surface area contributed by atoms with Crippen LogP contribution < -0.4 is 5.32 Å². The highest BCUT2D eigenvalue weighted by Crippen LogP contribution is 2.18. The molecule has 0 aliphatic heterocycles. The third-order valence-electron chi connectivity index (χ3n) is 2.48. The molecule has 1 atom stereocenters. The van der Waals surface area contributed by atoms with Crippen molar-refractivity contribution in [2.75, 3.05) is 13.2 Å². The average Bonchev–Trinajstić information content (AvgIpc) is 1.85. The first-order chi connectivity index (χ1) is 5.33. The van der Waals surface area contributed by atoms with Gasteiger partial charge in [-0.05, 0) is 31.7 Å². The van der Waals surface area contributed by atoms with E-state index in [0.717, 1.165) is 19.0 Å². The maximum Gasteiger partial charge on any atom is 0.0434 e. The molecule has 1 saturated carbocycles. The smallest absolute Gasteiger partial charge is 0.0434 e. The molecular weight excluding hydrogens is 138 g/mol. The van der Waals surface area contributed by atoms with Crippen molar-refractivity contribution in [1.29, 1.82) is 0 Å². The van der Waals surface area contributed by atoms with Crippen LogP contribution in [0.1, 0.15) is 32.6 Å². The average molecular weight is 157 g/mol. The van der Waals surface area contributed by atoms with Crippen LogP contribution in [-0.2, 0) is 0 Å². The van der Waals surface area contributed by atoms with Crippen molar-refractivity contribution in [2.45, 2.75) is 38.6 Å². The van der Waals surface area contributed by atoms with Crippen LogP contribution in [0.3, 0.4) is 0 Å². The van der Waals surface area contributed by atoms with E-state index in [-0.39, 0.29) is 0 Å². The van der Waals surface area contributed by atoms with Crippen molar-refractivity contribution in [1.82, 2.24) is 5.32 Å². The Labute approximate surface area is 69.0 Å². The second-order valence-electron chi connectivity index (χ2n) is 3.65. The Hall–Kier alpha value is -0.0800. The SMILES string of the molecule is CC(CCO)CNC1CCC1. The van der Waals surface area contributed by atoms with Gasteiger partial charge in [0.15, 0.2) is 0 Å². The predicted molar refractivity (Wildman–Crippen MR) is 46.5 cm³/mol. The molecule has 0 saturated heterocycles. The minimum atomic E-state index is 0.327. The fraction of sp³-hybridized carbons (Fsp3) is 1.00. The first-order valence-corrected chi connectivity index (χ1v) is 4.67. The van der Waals surface area contributed by atoms with Gasteiger partial charge in [-0.1, -0.05) is 13.3 Å². The summed E-state index contributed by atoms with van der Waals surface area (Å²) < 4.78 is 0. The summed E-state index contributed by atoms with van der Waals surface area (Å²) >= 11 is 0. The van der Waals surface area contributed by atoms with Gasteiger partial charge in [0.05, 0.1) is 0 Å². The molecule has 2 nitrogen and oxygen atoms in total. The summed E-state index contributed by atoms with van der Waals surface area (Å²) in [5.41, 5.74) is 0. The first-order valence-electron chi connectivity index (χ1n) is 4.67. The molecule has 1 aliphatic carbocycles. The number of hydrogen-bond donors (Lipinski definition) is 2. The van der Waals surface area contributed by atoms with Gasteiger partial charge < -0.3 is 10.4 Å². The summed E-state index contributed by atoms with van der Waals surface area (Å²) in [4.78, 5) is 0. The van der Waals surface area contributed by atoms with Crippen molar-refractivity contribution >= 4 is 0 Å². The number of aliphatic hydroxyl groups excluding tert-OH is 1. The zero-order valence-corrected chi connectivity index (χ0v) is 7.34. The summed E-state index contributed by atoms with van der Waals surface area (Å²) in [6.45, 7) is 3.58. The van der Waals surface area contributed by atoms with Gasteiger partial charge in [-0.15, -0.1) is 0 Å². The lowest BCUT2D eigenvalue weighted by Crippen LogP contribution is -2.37. The van der Waals surface area contributed by atoms with Crippen LogP contribution in [0.5, 0.6) is 0 Å². The van der Waals surface area contributed by atoms with E-state index >= 15 is 0 Å². The summed E-state index contributed by atoms with van der Waals surface area (Å²) in [5.74, 6) is 0.626. The molecule has 0 aromatic carbocycles. The highest BCUT2D eigenvalue weighted by atomic mass is 16.3. The predicted octanol–water partition coefficient (Wildman–Crippen LogP) is 1.15. The third-order valence-corrected chi connectivity index (χ3v) is 2.48. The van der Waals surface area contributed by atoms with Gasteiger partial charge in [-0.3, -0.25) is 0 Å². The second-order valence-corrected chi connectivity index (χ2v) is 3.65. The molecule has 1 fully saturated rings. The van der Waals surface area contributed by atoms with E-state index in [1.165, 1.54) is 19.3 Å². The molecule has 0 aromatic rings. The summed E-state index contributed by atoms with van der Waals surface area (Å²) in [6.07, 6.45) is 5.03. The number of hydrogen-bond acceptors (Lipinski definition) is 2. The molecule has 2 N–H and O–H groups in total. The van der Waals surface area contributed by atoms with Crippen molar-refractivity contribution in [3.8, 4) is 0 Å². The fourth-order valence-electron chi connectivity index (χ4n) is 1.30. The van der Waals surface area contributed by atoms with Gasteiger partial charge in [-0.25, -0.2) is 0 Å². The molecular formula is C9H19NO. The van der Waals surface area contributed by atoms with Crippen LogP contribution in [0, 0.1) is 5.92 Å². The van der Waals surface area contributed by atoms with Crippen LogP contribution in [-0.4, -0.2) is 24.3 Å². The number of nitrogens with one attached hydrogen (secondary N) is 1. The maximum atomic E-state index is 8.65. The molecule has 11 heavy (non-hydrogen) atoms. The Morgan fingerprint density at radius 2 is 2.27 bits per heavy atom. The monoisotopic (exact) mass is 157 g/mol. The van der Waals surface area contributed by atoms with Gasteiger partial charge >= 0.3 is 0 Å². The normalized spacial score (nSPS) is 21.3. The van der Waals surface area contributed by atoms with Crippen LogP contribution in [0.4, 0.5) is 0 Å². The Bertz CT molecular complexity index is 102. The Kier molecular flexibility index (Phi) is 3.87. The van der Waals surface area contributed by atoms with Crippen LogP contribution in [0.25, 0.3) is 0 Å². The fourth-order valence-corrected chi connectivity index (χ4v) is 1.30. The molecule has 0 heterocycles. The Morgan fingerprint density at radius 1 is 1.55 bits per heavy atom. The topological polar surface area (TPSA) is 32.3 Å². The van der Waals surface area contributed by atoms with Crippen molar-refractivity contribution < 1.29 is 5.11 Å². The Balaban J connectivity index is 1.92. The quantitative estimate of drug-likeness (QED) is 0.627. The molecule has 1 unspecified atom stereocenters. The zero-order chi connectivity index (χ0) is 8.10. The van der Waals surface area contributed by atoms with Gasteiger partial charge in [0.1, 0.15) is 0 Å². The minimum Gasteiger partial charge on any atom is -0.396 e. The summed E-state index contributed by atoms with van der Waals surface area (Å²) in [7, 11) is 0. The lowest BCUT2D eigenvalue weighted by molar-refractivity contribution is 0.249. The van der Waals surface area contributed by atoms with E-state index in [1.807, 2.05) is 0 Å². The summed E-state index contributed by atoms with van der Waals surface area (Å²) in [5, 5.41) is 12.1. The molecule has 0 radical (unpaired) electrons. The van der Waals surface area contributed by atoms with E-state index in [2.05, 4.69) is 12.2 Å². The van der Waals surface area contributed by atoms with Gasteiger partial charge in [-0.2, -0.15) is 0 Å². The molecule has 0 bridgehead atoms. The molecule has 1 rings (SSSR count). The largest absolute Gasteiger partial charge is 0.396 e. The lowest BCUT2D eigenvalue weighted by Gasteiger charge is -2.27. The van der Waals surface area contributed by atoms with E-state index in [0.29, 0.717) is 12.5 Å². The van der Waals surface area contributed by atoms with Gasteiger partial charge in [0.25, 0.3) is 0 Å². The molecule has 1 aliphatic rings. The van der Waals surface area contributed by atoms with Crippen molar-refractivity contribution in [2.24, 2.45) is 5.92 Å². The third kappa shape index (κ3) is 3.21. The highest BCUT2D eigenvalue weighted by molar-refractivity contribution is 4.76.